The summed E-state index contributed by atoms with van der Waals surface area (Å²) in [5, 5.41) is 13.0. The van der Waals surface area contributed by atoms with Gasteiger partial charge < -0.3 is 10.4 Å². The number of pyridine rings is 2. The van der Waals surface area contributed by atoms with Crippen LogP contribution in [0.3, 0.4) is 0 Å². The van der Waals surface area contributed by atoms with Crippen LogP contribution in [0.1, 0.15) is 18.7 Å². The fraction of sp³-hybridized carbons (Fsp3) is 0.125. The van der Waals surface area contributed by atoms with Gasteiger partial charge in [0.1, 0.15) is 23.0 Å². The lowest BCUT2D eigenvalue weighted by Crippen LogP contribution is -2.16. The highest BCUT2D eigenvalue weighted by molar-refractivity contribution is 7.16. The quantitative estimate of drug-likeness (QED) is 0.343. The number of aromatic nitrogens is 2. The van der Waals surface area contributed by atoms with Crippen molar-refractivity contribution in [3.8, 4) is 21.6 Å². The van der Waals surface area contributed by atoms with E-state index in [-0.39, 0.29) is 5.82 Å². The second kappa shape index (κ2) is 9.33. The van der Waals surface area contributed by atoms with Crippen LogP contribution in [-0.2, 0) is 10.4 Å². The Labute approximate surface area is 188 Å². The predicted octanol–water partition coefficient (Wildman–Crippen LogP) is 5.93. The maximum atomic E-state index is 13.7. The summed E-state index contributed by atoms with van der Waals surface area (Å²) >= 11 is 1.45. The molecule has 5 nitrogen and oxygen atoms in total. The zero-order valence-electron chi connectivity index (χ0n) is 17.5. The minimum atomic E-state index is -1.22. The van der Waals surface area contributed by atoms with E-state index >= 15 is 0 Å². The number of nitrogens with one attached hydrogen (secondary N) is 1. The molecular formula is C24H21F2N3O2S. The van der Waals surface area contributed by atoms with Crippen molar-refractivity contribution in [2.24, 2.45) is 0 Å². The van der Waals surface area contributed by atoms with E-state index in [0.717, 1.165) is 27.0 Å². The smallest absolute Gasteiger partial charge is 0.262 e. The predicted molar refractivity (Wildman–Crippen MR) is 123 cm³/mol. The molecule has 32 heavy (non-hydrogen) atoms. The molecule has 3 aromatic rings. The van der Waals surface area contributed by atoms with Crippen molar-refractivity contribution in [1.82, 2.24) is 9.97 Å². The van der Waals surface area contributed by atoms with Crippen molar-refractivity contribution in [3.63, 3.8) is 0 Å². The van der Waals surface area contributed by atoms with Crippen LogP contribution in [0.15, 0.2) is 85.4 Å². The number of amides is 1. The fourth-order valence-electron chi connectivity index (χ4n) is 2.98. The first-order valence-electron chi connectivity index (χ1n) is 9.53. The van der Waals surface area contributed by atoms with E-state index in [4.69, 9.17) is 0 Å². The van der Waals surface area contributed by atoms with Gasteiger partial charge >= 0.3 is 0 Å². The standard InChI is InChI=1S/C24H21F2N3O2S/c1-5-18(26)21(14(2)25)23(30)29-20-9-8-15(13-28-20)17-11-19(16-7-6-10-27-12-16)32-22(17)24(3,4)31/h5-13,31H,1-2H2,3-4H3,(H,28,29,30). The Hall–Kier alpha value is -3.49. The Morgan fingerprint density at radius 1 is 1.22 bits per heavy atom. The van der Waals surface area contributed by atoms with Crippen LogP contribution in [0.5, 0.6) is 0 Å². The van der Waals surface area contributed by atoms with Crippen LogP contribution in [0, 0.1) is 0 Å². The second-order valence-corrected chi connectivity index (χ2v) is 8.42. The highest BCUT2D eigenvalue weighted by Gasteiger charge is 2.25. The normalized spacial score (nSPS) is 12.2. The SMILES string of the molecule is C=CC(F)=C(C(=C)F)C(=O)Nc1ccc(-c2cc(-c3cccnc3)sc2C(C)(C)O)cn1. The van der Waals surface area contributed by atoms with E-state index in [2.05, 4.69) is 28.4 Å². The molecule has 0 aliphatic heterocycles. The van der Waals surface area contributed by atoms with E-state index in [0.29, 0.717) is 5.56 Å². The fourth-order valence-corrected chi connectivity index (χ4v) is 4.15. The molecule has 3 rings (SSSR count). The number of carbonyl (C=O) groups is 1. The van der Waals surface area contributed by atoms with Crippen molar-refractivity contribution in [2.75, 3.05) is 5.32 Å². The van der Waals surface area contributed by atoms with Crippen LogP contribution in [0.2, 0.25) is 0 Å². The summed E-state index contributed by atoms with van der Waals surface area (Å²) in [6.07, 6.45) is 5.67. The molecule has 2 N–H and O–H groups in total. The van der Waals surface area contributed by atoms with Gasteiger partial charge in [0.15, 0.2) is 0 Å². The highest BCUT2D eigenvalue weighted by atomic mass is 32.1. The lowest BCUT2D eigenvalue weighted by molar-refractivity contribution is -0.112. The van der Waals surface area contributed by atoms with Gasteiger partial charge in [-0.1, -0.05) is 19.2 Å². The largest absolute Gasteiger partial charge is 0.385 e. The molecule has 0 atom stereocenters. The Balaban J connectivity index is 1.94. The van der Waals surface area contributed by atoms with Gasteiger partial charge in [-0.2, -0.15) is 0 Å². The minimum absolute atomic E-state index is 0.0990. The monoisotopic (exact) mass is 453 g/mol. The molecule has 0 aliphatic carbocycles. The molecule has 3 heterocycles. The van der Waals surface area contributed by atoms with Crippen LogP contribution < -0.4 is 5.32 Å². The Bertz CT molecular complexity index is 1190. The number of hydrogen-bond acceptors (Lipinski definition) is 5. The first-order valence-corrected chi connectivity index (χ1v) is 10.3. The summed E-state index contributed by atoms with van der Waals surface area (Å²) in [7, 11) is 0. The second-order valence-electron chi connectivity index (χ2n) is 7.37. The average Bonchev–Trinajstić information content (AvgIpc) is 3.21. The maximum absolute atomic E-state index is 13.7. The van der Waals surface area contributed by atoms with Crippen LogP contribution in [-0.4, -0.2) is 21.0 Å². The molecule has 0 aromatic carbocycles. The average molecular weight is 454 g/mol. The number of halogens is 2. The molecular weight excluding hydrogens is 432 g/mol. The number of rotatable bonds is 7. The Morgan fingerprint density at radius 3 is 2.50 bits per heavy atom. The molecule has 8 heteroatoms. The zero-order valence-corrected chi connectivity index (χ0v) is 18.3. The van der Waals surface area contributed by atoms with Crippen molar-refractivity contribution < 1.29 is 18.7 Å². The molecule has 164 valence electrons. The van der Waals surface area contributed by atoms with Crippen molar-refractivity contribution in [3.05, 3.63) is 90.3 Å². The molecule has 0 bridgehead atoms. The molecule has 0 unspecified atom stereocenters. The maximum Gasteiger partial charge on any atom is 0.262 e. The molecule has 0 saturated heterocycles. The summed E-state index contributed by atoms with van der Waals surface area (Å²) in [5.41, 5.74) is 0.461. The Morgan fingerprint density at radius 2 is 1.97 bits per heavy atom. The van der Waals surface area contributed by atoms with E-state index in [1.54, 1.807) is 32.3 Å². The van der Waals surface area contributed by atoms with Crippen LogP contribution in [0.4, 0.5) is 14.6 Å². The van der Waals surface area contributed by atoms with Gasteiger partial charge in [0.05, 0.1) is 5.60 Å². The first-order chi connectivity index (χ1) is 15.1. The summed E-state index contributed by atoms with van der Waals surface area (Å²) in [5.74, 6) is -3.27. The number of allylic oxidation sites excluding steroid dienone is 2. The molecule has 3 aromatic heterocycles. The summed E-state index contributed by atoms with van der Waals surface area (Å²) in [6, 6.07) is 8.91. The number of thiophene rings is 1. The summed E-state index contributed by atoms with van der Waals surface area (Å²) in [6.45, 7) is 9.57. The molecule has 0 radical (unpaired) electrons. The summed E-state index contributed by atoms with van der Waals surface area (Å²) < 4.78 is 27.2. The van der Waals surface area contributed by atoms with Gasteiger partial charge in [-0.25, -0.2) is 13.8 Å². The lowest BCUT2D eigenvalue weighted by atomic mass is 9.98. The molecule has 0 fully saturated rings. The van der Waals surface area contributed by atoms with Crippen molar-refractivity contribution >= 4 is 23.1 Å². The third-order valence-corrected chi connectivity index (χ3v) is 5.96. The Kier molecular flexibility index (Phi) is 6.76. The van der Waals surface area contributed by atoms with Gasteiger partial charge in [-0.05, 0) is 44.2 Å². The molecule has 0 spiro atoms. The van der Waals surface area contributed by atoms with Gasteiger partial charge in [-0.3, -0.25) is 9.78 Å². The molecule has 0 aliphatic rings. The number of hydrogen-bond donors (Lipinski definition) is 2. The van der Waals surface area contributed by atoms with Gasteiger partial charge in [0, 0.05) is 45.0 Å². The van der Waals surface area contributed by atoms with Crippen molar-refractivity contribution in [2.45, 2.75) is 19.4 Å². The first kappa shape index (κ1) is 23.2. The topological polar surface area (TPSA) is 75.1 Å². The van der Waals surface area contributed by atoms with Gasteiger partial charge in [0.25, 0.3) is 5.91 Å². The van der Waals surface area contributed by atoms with E-state index < -0.39 is 28.7 Å². The number of nitrogens with zero attached hydrogens (tertiary/aromatic N) is 2. The molecule has 0 saturated carbocycles. The zero-order chi connectivity index (χ0) is 23.5. The number of anilines is 1. The highest BCUT2D eigenvalue weighted by Crippen LogP contribution is 2.42. The minimum Gasteiger partial charge on any atom is -0.385 e. The van der Waals surface area contributed by atoms with Gasteiger partial charge in [-0.15, -0.1) is 11.3 Å². The summed E-state index contributed by atoms with van der Waals surface area (Å²) in [4.78, 5) is 22.2. The van der Waals surface area contributed by atoms with E-state index in [9.17, 15) is 18.7 Å². The van der Waals surface area contributed by atoms with E-state index in [1.165, 1.54) is 23.6 Å². The van der Waals surface area contributed by atoms with Crippen LogP contribution >= 0.6 is 11.3 Å². The number of carbonyl (C=O) groups excluding carboxylic acids is 1. The molecule has 1 amide bonds. The lowest BCUT2D eigenvalue weighted by Gasteiger charge is -2.17. The van der Waals surface area contributed by atoms with Gasteiger partial charge in [0.2, 0.25) is 0 Å². The van der Waals surface area contributed by atoms with Crippen molar-refractivity contribution in [1.29, 1.82) is 0 Å². The third kappa shape index (κ3) is 5.04. The number of aliphatic hydroxyl groups is 1. The van der Waals surface area contributed by atoms with E-state index in [1.807, 2.05) is 18.2 Å². The van der Waals surface area contributed by atoms with Crippen LogP contribution in [0.25, 0.3) is 21.6 Å². The third-order valence-electron chi connectivity index (χ3n) is 4.47.